The molecule has 11 rings (SSSR count). The van der Waals surface area contributed by atoms with Gasteiger partial charge in [-0.1, -0.05) is 194 Å². The second kappa shape index (κ2) is 14.1. The number of para-hydroxylation sites is 3. The highest BCUT2D eigenvalue weighted by atomic mass is 16.3. The molecule has 1 heterocycles. The molecule has 0 aliphatic carbocycles. The van der Waals surface area contributed by atoms with E-state index in [1.54, 1.807) is 0 Å². The molecule has 0 atom stereocenters. The first-order chi connectivity index (χ1) is 28.8. The summed E-state index contributed by atoms with van der Waals surface area (Å²) in [5.41, 5.74) is 14.3. The molecule has 0 unspecified atom stereocenters. The van der Waals surface area contributed by atoms with Gasteiger partial charge < -0.3 is 9.32 Å². The van der Waals surface area contributed by atoms with Gasteiger partial charge in [-0.05, 0) is 74.3 Å². The second-order valence-electron chi connectivity index (χ2n) is 14.8. The minimum absolute atomic E-state index is 0.900. The number of hydrogen-bond acceptors (Lipinski definition) is 2. The molecule has 0 bridgehead atoms. The zero-order chi connectivity index (χ0) is 38.4. The molecule has 10 aromatic carbocycles. The summed E-state index contributed by atoms with van der Waals surface area (Å²) in [6, 6.07) is 80.8. The summed E-state index contributed by atoms with van der Waals surface area (Å²) in [6.07, 6.45) is 0. The van der Waals surface area contributed by atoms with E-state index in [4.69, 9.17) is 4.42 Å². The molecule has 0 spiro atoms. The van der Waals surface area contributed by atoms with Gasteiger partial charge in [-0.3, -0.25) is 0 Å². The molecule has 0 N–H and O–H groups in total. The Morgan fingerprint density at radius 1 is 0.310 bits per heavy atom. The van der Waals surface area contributed by atoms with Gasteiger partial charge in [-0.2, -0.15) is 0 Å². The van der Waals surface area contributed by atoms with E-state index < -0.39 is 0 Å². The molecule has 0 radical (unpaired) electrons. The van der Waals surface area contributed by atoms with Gasteiger partial charge in [0.05, 0.1) is 11.4 Å². The number of rotatable bonds is 7. The Labute approximate surface area is 337 Å². The second-order valence-corrected chi connectivity index (χ2v) is 14.8. The molecule has 0 amide bonds. The lowest BCUT2D eigenvalue weighted by Crippen LogP contribution is -2.13. The van der Waals surface area contributed by atoms with E-state index in [9.17, 15) is 0 Å². The van der Waals surface area contributed by atoms with Crippen molar-refractivity contribution in [2.45, 2.75) is 0 Å². The molecular formula is C56H37NO. The highest BCUT2D eigenvalue weighted by Crippen LogP contribution is 2.51. The minimum Gasteiger partial charge on any atom is -0.455 e. The predicted octanol–water partition coefficient (Wildman–Crippen LogP) is 16.0. The first-order valence-electron chi connectivity index (χ1n) is 19.8. The number of hydrogen-bond donors (Lipinski definition) is 0. The predicted molar refractivity (Wildman–Crippen MR) is 245 cm³/mol. The number of furan rings is 1. The lowest BCUT2D eigenvalue weighted by molar-refractivity contribution is 0.670. The molecule has 0 saturated heterocycles. The van der Waals surface area contributed by atoms with Crippen LogP contribution in [0.3, 0.4) is 0 Å². The third-order valence-electron chi connectivity index (χ3n) is 11.5. The summed E-state index contributed by atoms with van der Waals surface area (Å²) in [5.74, 6) is 0. The van der Waals surface area contributed by atoms with Gasteiger partial charge in [0.2, 0.25) is 0 Å². The maximum atomic E-state index is 6.50. The SMILES string of the molecule is c1ccc(-c2cccc(-c3c(N(c4ccc(-c5cccc6c5oc5ccccc56)cc4)c4ccccc4-c4ccccc4)c4ccccc4c4ccccc34)c2)cc1. The minimum atomic E-state index is 0.900. The van der Waals surface area contributed by atoms with Crippen LogP contribution in [0.2, 0.25) is 0 Å². The van der Waals surface area contributed by atoms with Crippen LogP contribution in [0.1, 0.15) is 0 Å². The van der Waals surface area contributed by atoms with Crippen LogP contribution in [0.15, 0.2) is 229 Å². The van der Waals surface area contributed by atoms with Gasteiger partial charge in [0.15, 0.2) is 0 Å². The summed E-state index contributed by atoms with van der Waals surface area (Å²) in [5, 5.41) is 7.09. The average Bonchev–Trinajstić information content (AvgIpc) is 3.69. The van der Waals surface area contributed by atoms with Crippen LogP contribution < -0.4 is 4.90 Å². The smallest absolute Gasteiger partial charge is 0.143 e. The van der Waals surface area contributed by atoms with Crippen molar-refractivity contribution in [1.82, 2.24) is 0 Å². The fraction of sp³-hybridized carbons (Fsp3) is 0. The van der Waals surface area contributed by atoms with Crippen LogP contribution in [0.25, 0.3) is 88.0 Å². The van der Waals surface area contributed by atoms with Crippen molar-refractivity contribution in [2.24, 2.45) is 0 Å². The summed E-state index contributed by atoms with van der Waals surface area (Å²) in [4.78, 5) is 2.49. The van der Waals surface area contributed by atoms with Gasteiger partial charge in [-0.25, -0.2) is 0 Å². The van der Waals surface area contributed by atoms with Crippen molar-refractivity contribution in [2.75, 3.05) is 4.90 Å². The molecule has 2 nitrogen and oxygen atoms in total. The van der Waals surface area contributed by atoms with Crippen LogP contribution >= 0.6 is 0 Å². The summed E-state index contributed by atoms with van der Waals surface area (Å²) >= 11 is 0. The maximum absolute atomic E-state index is 6.50. The molecule has 0 aliphatic heterocycles. The Balaban J connectivity index is 1.21. The lowest BCUT2D eigenvalue weighted by Gasteiger charge is -2.32. The molecule has 0 fully saturated rings. The summed E-state index contributed by atoms with van der Waals surface area (Å²) in [7, 11) is 0. The molecule has 0 aliphatic rings. The molecule has 11 aromatic rings. The largest absolute Gasteiger partial charge is 0.455 e. The first kappa shape index (κ1) is 33.6. The molecule has 272 valence electrons. The van der Waals surface area contributed by atoms with E-state index in [2.05, 4.69) is 217 Å². The zero-order valence-corrected chi connectivity index (χ0v) is 31.7. The topological polar surface area (TPSA) is 16.4 Å². The van der Waals surface area contributed by atoms with E-state index in [0.29, 0.717) is 0 Å². The molecular weight excluding hydrogens is 703 g/mol. The third kappa shape index (κ3) is 5.66. The van der Waals surface area contributed by atoms with E-state index in [1.807, 2.05) is 12.1 Å². The third-order valence-corrected chi connectivity index (χ3v) is 11.5. The monoisotopic (exact) mass is 739 g/mol. The van der Waals surface area contributed by atoms with E-state index in [1.165, 1.54) is 38.2 Å². The van der Waals surface area contributed by atoms with Gasteiger partial charge in [0.25, 0.3) is 0 Å². The van der Waals surface area contributed by atoms with Crippen molar-refractivity contribution in [3.05, 3.63) is 224 Å². The molecule has 1 aromatic heterocycles. The number of nitrogens with zero attached hydrogens (tertiary/aromatic N) is 1. The van der Waals surface area contributed by atoms with Crippen LogP contribution in [-0.2, 0) is 0 Å². The highest BCUT2D eigenvalue weighted by Gasteiger charge is 2.26. The fourth-order valence-corrected chi connectivity index (χ4v) is 8.82. The standard InChI is InChI=1S/C56H37NO/c1-3-17-38(18-4-1)41-21-15-22-42(37-41)54-49-27-9-7-24-46(49)47-25-8-10-28-50(47)55(54)57(52-31-13-11-23-44(52)39-19-5-2-6-20-39)43-35-33-40(34-36-43)45-29-16-30-51-48-26-12-14-32-53(48)58-56(45)51/h1-37H. The Morgan fingerprint density at radius 3 is 1.60 bits per heavy atom. The van der Waals surface area contributed by atoms with Crippen LogP contribution in [0, 0.1) is 0 Å². The fourth-order valence-electron chi connectivity index (χ4n) is 8.82. The lowest BCUT2D eigenvalue weighted by atomic mass is 9.88. The Morgan fingerprint density at radius 2 is 0.828 bits per heavy atom. The molecule has 2 heteroatoms. The Kier molecular flexibility index (Phi) is 8.19. The quantitative estimate of drug-likeness (QED) is 0.151. The number of benzene rings is 10. The van der Waals surface area contributed by atoms with Crippen molar-refractivity contribution >= 4 is 60.5 Å². The first-order valence-corrected chi connectivity index (χ1v) is 19.8. The van der Waals surface area contributed by atoms with Crippen molar-refractivity contribution < 1.29 is 4.42 Å². The Bertz CT molecular complexity index is 3270. The van der Waals surface area contributed by atoms with Crippen LogP contribution in [-0.4, -0.2) is 0 Å². The van der Waals surface area contributed by atoms with E-state index in [-0.39, 0.29) is 0 Å². The van der Waals surface area contributed by atoms with Crippen molar-refractivity contribution in [3.63, 3.8) is 0 Å². The molecule has 58 heavy (non-hydrogen) atoms. The van der Waals surface area contributed by atoms with E-state index >= 15 is 0 Å². The number of fused-ring (bicyclic) bond motifs is 6. The van der Waals surface area contributed by atoms with Crippen LogP contribution in [0.5, 0.6) is 0 Å². The highest BCUT2D eigenvalue weighted by molar-refractivity contribution is 6.23. The van der Waals surface area contributed by atoms with Gasteiger partial charge >= 0.3 is 0 Å². The van der Waals surface area contributed by atoms with E-state index in [0.717, 1.165) is 66.8 Å². The number of anilines is 3. The van der Waals surface area contributed by atoms with Crippen molar-refractivity contribution in [1.29, 1.82) is 0 Å². The average molecular weight is 740 g/mol. The molecule has 0 saturated carbocycles. The van der Waals surface area contributed by atoms with Gasteiger partial charge in [0, 0.05) is 38.5 Å². The van der Waals surface area contributed by atoms with Gasteiger partial charge in [-0.15, -0.1) is 0 Å². The van der Waals surface area contributed by atoms with Crippen molar-refractivity contribution in [3.8, 4) is 44.5 Å². The summed E-state index contributed by atoms with van der Waals surface area (Å²) < 4.78 is 6.50. The zero-order valence-electron chi connectivity index (χ0n) is 31.7. The maximum Gasteiger partial charge on any atom is 0.143 e. The summed E-state index contributed by atoms with van der Waals surface area (Å²) in [6.45, 7) is 0. The Hall–Kier alpha value is -7.68. The normalized spacial score (nSPS) is 11.4. The van der Waals surface area contributed by atoms with Gasteiger partial charge in [0.1, 0.15) is 11.2 Å². The van der Waals surface area contributed by atoms with Crippen LogP contribution in [0.4, 0.5) is 17.1 Å².